The topological polar surface area (TPSA) is 46.9 Å². The lowest BCUT2D eigenvalue weighted by Gasteiger charge is -2.07. The molecule has 3 rings (SSSR count). The van der Waals surface area contributed by atoms with Gasteiger partial charge in [-0.1, -0.05) is 11.6 Å². The third-order valence-electron chi connectivity index (χ3n) is 3.22. The highest BCUT2D eigenvalue weighted by Crippen LogP contribution is 2.15. The van der Waals surface area contributed by atoms with Crippen molar-refractivity contribution in [1.29, 1.82) is 0 Å². The molecule has 0 aliphatic carbocycles. The fourth-order valence-corrected chi connectivity index (χ4v) is 2.19. The lowest BCUT2D eigenvalue weighted by molar-refractivity contribution is 0.102. The largest absolute Gasteiger partial charge is 0.322 e. The molecule has 0 unspecified atom stereocenters. The number of aromatic nitrogens is 2. The number of aryl methyl sites for hydroxylation is 1. The van der Waals surface area contributed by atoms with E-state index in [2.05, 4.69) is 10.4 Å². The lowest BCUT2D eigenvalue weighted by Crippen LogP contribution is -2.11. The molecule has 0 saturated heterocycles. The van der Waals surface area contributed by atoms with Gasteiger partial charge in [0, 0.05) is 22.5 Å². The fourth-order valence-electron chi connectivity index (χ4n) is 2.06. The van der Waals surface area contributed by atoms with Gasteiger partial charge in [-0.05, 0) is 61.5 Å². The summed E-state index contributed by atoms with van der Waals surface area (Å²) in [6.45, 7) is 1.94. The Morgan fingerprint density at radius 1 is 1.05 bits per heavy atom. The number of nitrogens with zero attached hydrogens (tertiary/aromatic N) is 2. The number of hydrogen-bond acceptors (Lipinski definition) is 2. The number of carbonyl (C=O) groups is 1. The number of amides is 1. The third-order valence-corrected chi connectivity index (χ3v) is 3.47. The Bertz CT molecular complexity index is 792. The van der Waals surface area contributed by atoms with E-state index < -0.39 is 0 Å². The Morgan fingerprint density at radius 3 is 2.32 bits per heavy atom. The van der Waals surface area contributed by atoms with Gasteiger partial charge in [0.25, 0.3) is 5.91 Å². The van der Waals surface area contributed by atoms with Crippen molar-refractivity contribution in [2.75, 3.05) is 5.32 Å². The minimum atomic E-state index is -0.167. The molecule has 0 bridgehead atoms. The highest BCUT2D eigenvalue weighted by molar-refractivity contribution is 6.30. The van der Waals surface area contributed by atoms with Gasteiger partial charge in [0.2, 0.25) is 0 Å². The smallest absolute Gasteiger partial charge is 0.255 e. The number of benzene rings is 2. The third kappa shape index (κ3) is 3.18. The Hall–Kier alpha value is -2.59. The predicted molar refractivity (Wildman–Crippen MR) is 87.7 cm³/mol. The van der Waals surface area contributed by atoms with Gasteiger partial charge in [0.15, 0.2) is 0 Å². The number of nitrogens with one attached hydrogen (secondary N) is 1. The van der Waals surface area contributed by atoms with Crippen LogP contribution in [0.2, 0.25) is 5.02 Å². The van der Waals surface area contributed by atoms with Crippen LogP contribution in [0.3, 0.4) is 0 Å². The summed E-state index contributed by atoms with van der Waals surface area (Å²) in [5, 5.41) is 7.80. The second-order valence-corrected chi connectivity index (χ2v) is 5.35. The monoisotopic (exact) mass is 311 g/mol. The average molecular weight is 312 g/mol. The molecule has 1 N–H and O–H groups in total. The molecule has 0 saturated carbocycles. The van der Waals surface area contributed by atoms with E-state index in [1.165, 1.54) is 0 Å². The van der Waals surface area contributed by atoms with Gasteiger partial charge >= 0.3 is 0 Å². The molecule has 5 heteroatoms. The summed E-state index contributed by atoms with van der Waals surface area (Å²) in [5.74, 6) is -0.167. The highest BCUT2D eigenvalue weighted by Gasteiger charge is 2.06. The van der Waals surface area contributed by atoms with Gasteiger partial charge in [-0.2, -0.15) is 5.10 Å². The molecule has 1 heterocycles. The minimum Gasteiger partial charge on any atom is -0.322 e. The summed E-state index contributed by atoms with van der Waals surface area (Å²) in [6, 6.07) is 16.2. The van der Waals surface area contributed by atoms with E-state index in [9.17, 15) is 4.79 Å². The van der Waals surface area contributed by atoms with Crippen LogP contribution in [0.5, 0.6) is 0 Å². The van der Waals surface area contributed by atoms with Gasteiger partial charge in [-0.3, -0.25) is 4.79 Å². The second-order valence-electron chi connectivity index (χ2n) is 4.91. The predicted octanol–water partition coefficient (Wildman–Crippen LogP) is 4.09. The summed E-state index contributed by atoms with van der Waals surface area (Å²) in [7, 11) is 0. The number of rotatable bonds is 3. The van der Waals surface area contributed by atoms with E-state index in [1.54, 1.807) is 28.9 Å². The van der Waals surface area contributed by atoms with Gasteiger partial charge in [0.05, 0.1) is 11.4 Å². The van der Waals surface area contributed by atoms with Crippen molar-refractivity contribution in [3.63, 3.8) is 0 Å². The number of carbonyl (C=O) groups excluding carboxylic acids is 1. The first-order valence-corrected chi connectivity index (χ1v) is 7.19. The van der Waals surface area contributed by atoms with Crippen molar-refractivity contribution in [2.24, 2.45) is 0 Å². The van der Waals surface area contributed by atoms with Crippen molar-refractivity contribution >= 4 is 23.2 Å². The maximum Gasteiger partial charge on any atom is 0.255 e. The summed E-state index contributed by atoms with van der Waals surface area (Å²) >= 11 is 5.81. The molecule has 2 aromatic carbocycles. The van der Waals surface area contributed by atoms with Crippen LogP contribution >= 0.6 is 11.6 Å². The van der Waals surface area contributed by atoms with Crippen LogP contribution in [0.1, 0.15) is 16.1 Å². The van der Waals surface area contributed by atoms with E-state index >= 15 is 0 Å². The summed E-state index contributed by atoms with van der Waals surface area (Å²) in [5.41, 5.74) is 3.20. The summed E-state index contributed by atoms with van der Waals surface area (Å²) in [4.78, 5) is 12.1. The molecule has 22 heavy (non-hydrogen) atoms. The van der Waals surface area contributed by atoms with Crippen LogP contribution in [0.25, 0.3) is 5.69 Å². The second kappa shape index (κ2) is 6.03. The lowest BCUT2D eigenvalue weighted by atomic mass is 10.2. The number of anilines is 1. The molecule has 0 atom stereocenters. The van der Waals surface area contributed by atoms with E-state index in [0.717, 1.165) is 17.1 Å². The highest BCUT2D eigenvalue weighted by atomic mass is 35.5. The Kier molecular flexibility index (Phi) is 3.94. The zero-order valence-electron chi connectivity index (χ0n) is 12.0. The van der Waals surface area contributed by atoms with Crippen molar-refractivity contribution in [1.82, 2.24) is 9.78 Å². The van der Waals surface area contributed by atoms with Crippen molar-refractivity contribution in [3.8, 4) is 5.69 Å². The minimum absolute atomic E-state index is 0.167. The van der Waals surface area contributed by atoms with Crippen molar-refractivity contribution < 1.29 is 4.79 Å². The van der Waals surface area contributed by atoms with E-state index in [1.807, 2.05) is 43.5 Å². The van der Waals surface area contributed by atoms with Gasteiger partial charge in [-0.25, -0.2) is 4.68 Å². The molecule has 4 nitrogen and oxygen atoms in total. The van der Waals surface area contributed by atoms with E-state index in [4.69, 9.17) is 11.6 Å². The Balaban J connectivity index is 1.73. The number of halogens is 1. The molecule has 1 amide bonds. The van der Waals surface area contributed by atoms with E-state index in [0.29, 0.717) is 10.6 Å². The van der Waals surface area contributed by atoms with E-state index in [-0.39, 0.29) is 5.91 Å². The SMILES string of the molecule is Cc1ccn(-c2ccc(NC(=O)c3ccc(Cl)cc3)cc2)n1. The molecule has 0 radical (unpaired) electrons. The van der Waals surface area contributed by atoms with Gasteiger partial charge in [0.1, 0.15) is 0 Å². The molecule has 0 spiro atoms. The first kappa shape index (κ1) is 14.4. The molecule has 3 aromatic rings. The van der Waals surface area contributed by atoms with Crippen LogP contribution < -0.4 is 5.32 Å². The van der Waals surface area contributed by atoms with Crippen LogP contribution in [-0.4, -0.2) is 15.7 Å². The Morgan fingerprint density at radius 2 is 1.73 bits per heavy atom. The van der Waals surface area contributed by atoms with Crippen LogP contribution in [0.15, 0.2) is 60.8 Å². The quantitative estimate of drug-likeness (QED) is 0.792. The van der Waals surface area contributed by atoms with Gasteiger partial charge < -0.3 is 5.32 Å². The van der Waals surface area contributed by atoms with Gasteiger partial charge in [-0.15, -0.1) is 0 Å². The zero-order chi connectivity index (χ0) is 15.5. The Labute approximate surface area is 133 Å². The maximum absolute atomic E-state index is 12.1. The van der Waals surface area contributed by atoms with Crippen LogP contribution in [0.4, 0.5) is 5.69 Å². The average Bonchev–Trinajstić information content (AvgIpc) is 2.95. The van der Waals surface area contributed by atoms with Crippen molar-refractivity contribution in [3.05, 3.63) is 77.1 Å². The van der Waals surface area contributed by atoms with Crippen LogP contribution in [-0.2, 0) is 0 Å². The normalized spacial score (nSPS) is 10.5. The maximum atomic E-state index is 12.1. The molecule has 110 valence electrons. The van der Waals surface area contributed by atoms with Crippen LogP contribution in [0, 0.1) is 6.92 Å². The molecule has 0 fully saturated rings. The molecule has 1 aromatic heterocycles. The molecule has 0 aliphatic heterocycles. The fraction of sp³-hybridized carbons (Fsp3) is 0.0588. The molecule has 0 aliphatic rings. The zero-order valence-corrected chi connectivity index (χ0v) is 12.7. The molecular weight excluding hydrogens is 298 g/mol. The number of hydrogen-bond donors (Lipinski definition) is 1. The standard InChI is InChI=1S/C17H14ClN3O/c1-12-10-11-21(20-12)16-8-6-15(7-9-16)19-17(22)13-2-4-14(18)5-3-13/h2-11H,1H3,(H,19,22). The first-order chi connectivity index (χ1) is 10.6. The molecular formula is C17H14ClN3O. The summed E-state index contributed by atoms with van der Waals surface area (Å²) in [6.07, 6.45) is 1.90. The first-order valence-electron chi connectivity index (χ1n) is 6.81. The summed E-state index contributed by atoms with van der Waals surface area (Å²) < 4.78 is 1.79. The van der Waals surface area contributed by atoms with Crippen molar-refractivity contribution in [2.45, 2.75) is 6.92 Å².